The largest absolute Gasteiger partial charge is 0.370 e. The van der Waals surface area contributed by atoms with E-state index < -0.39 is 0 Å². The lowest BCUT2D eigenvalue weighted by Crippen LogP contribution is -2.16. The fourth-order valence-electron chi connectivity index (χ4n) is 1.49. The highest BCUT2D eigenvalue weighted by molar-refractivity contribution is 5.47. The molecule has 0 bridgehead atoms. The second kappa shape index (κ2) is 5.03. The molecule has 1 N–H and O–H groups in total. The summed E-state index contributed by atoms with van der Waals surface area (Å²) in [6, 6.07) is 10.5. The van der Waals surface area contributed by atoms with Gasteiger partial charge >= 0.3 is 0 Å². The van der Waals surface area contributed by atoms with Gasteiger partial charge in [-0.15, -0.1) is 0 Å². The molecule has 0 aromatic heterocycles. The first-order valence-corrected chi connectivity index (χ1v) is 5.74. The summed E-state index contributed by atoms with van der Waals surface area (Å²) in [5.74, 6) is 0. The number of nitriles is 1. The van der Waals surface area contributed by atoms with E-state index in [0.717, 1.165) is 12.1 Å². The smallest absolute Gasteiger partial charge is 0.114 e. The zero-order valence-corrected chi connectivity index (χ0v) is 10.5. The van der Waals surface area contributed by atoms with Crippen LogP contribution in [0.1, 0.15) is 39.7 Å². The Morgan fingerprint density at radius 2 is 1.81 bits per heavy atom. The molecule has 0 aliphatic carbocycles. The standard InChI is InChI=1S/C14H20N2/c1-5-12(10-15)16-13-8-6-11(7-9-13)14(2,3)4/h6-9,12,16H,5H2,1-4H3. The van der Waals surface area contributed by atoms with E-state index in [1.54, 1.807) is 0 Å². The number of anilines is 1. The number of benzene rings is 1. The lowest BCUT2D eigenvalue weighted by Gasteiger charge is -2.19. The number of hydrogen-bond acceptors (Lipinski definition) is 2. The molecule has 1 atom stereocenters. The van der Waals surface area contributed by atoms with Crippen LogP contribution >= 0.6 is 0 Å². The quantitative estimate of drug-likeness (QED) is 0.836. The summed E-state index contributed by atoms with van der Waals surface area (Å²) in [6.07, 6.45) is 0.817. The molecule has 16 heavy (non-hydrogen) atoms. The molecule has 0 heterocycles. The van der Waals surface area contributed by atoms with Crippen LogP contribution in [-0.2, 0) is 5.41 Å². The molecule has 86 valence electrons. The summed E-state index contributed by atoms with van der Waals surface area (Å²) in [4.78, 5) is 0. The fraction of sp³-hybridized carbons (Fsp3) is 0.500. The van der Waals surface area contributed by atoms with Crippen molar-refractivity contribution in [2.24, 2.45) is 0 Å². The molecule has 1 rings (SSSR count). The van der Waals surface area contributed by atoms with Crippen molar-refractivity contribution in [1.82, 2.24) is 0 Å². The fourth-order valence-corrected chi connectivity index (χ4v) is 1.49. The van der Waals surface area contributed by atoms with E-state index >= 15 is 0 Å². The minimum Gasteiger partial charge on any atom is -0.370 e. The molecular formula is C14H20N2. The topological polar surface area (TPSA) is 35.8 Å². The molecule has 2 heteroatoms. The molecule has 1 unspecified atom stereocenters. The first-order valence-electron chi connectivity index (χ1n) is 5.74. The van der Waals surface area contributed by atoms with Crippen molar-refractivity contribution in [1.29, 1.82) is 5.26 Å². The molecule has 0 aliphatic rings. The van der Waals surface area contributed by atoms with Gasteiger partial charge in [0.05, 0.1) is 6.07 Å². The molecule has 0 saturated heterocycles. The highest BCUT2D eigenvalue weighted by Crippen LogP contribution is 2.23. The van der Waals surface area contributed by atoms with E-state index in [0.29, 0.717) is 0 Å². The van der Waals surface area contributed by atoms with Crippen molar-refractivity contribution in [2.45, 2.75) is 45.6 Å². The van der Waals surface area contributed by atoms with Crippen LogP contribution in [0, 0.1) is 11.3 Å². The third-order valence-corrected chi connectivity index (χ3v) is 2.66. The summed E-state index contributed by atoms with van der Waals surface area (Å²) in [6.45, 7) is 8.59. The van der Waals surface area contributed by atoms with Gasteiger partial charge in [0.15, 0.2) is 0 Å². The van der Waals surface area contributed by atoms with E-state index in [2.05, 4.69) is 44.3 Å². The normalized spacial score (nSPS) is 12.9. The number of hydrogen-bond donors (Lipinski definition) is 1. The van der Waals surface area contributed by atoms with Gasteiger partial charge in [0, 0.05) is 5.69 Å². The monoisotopic (exact) mass is 216 g/mol. The predicted octanol–water partition coefficient (Wildman–Crippen LogP) is 3.70. The lowest BCUT2D eigenvalue weighted by atomic mass is 9.87. The van der Waals surface area contributed by atoms with Crippen LogP contribution in [0.25, 0.3) is 0 Å². The van der Waals surface area contributed by atoms with Crippen molar-refractivity contribution in [2.75, 3.05) is 5.32 Å². The van der Waals surface area contributed by atoms with Gasteiger partial charge in [-0.05, 0) is 29.5 Å². The Hall–Kier alpha value is -1.49. The van der Waals surface area contributed by atoms with Gasteiger partial charge in [0.25, 0.3) is 0 Å². The van der Waals surface area contributed by atoms with Crippen LogP contribution in [-0.4, -0.2) is 6.04 Å². The van der Waals surface area contributed by atoms with Crippen LogP contribution in [0.4, 0.5) is 5.69 Å². The lowest BCUT2D eigenvalue weighted by molar-refractivity contribution is 0.590. The molecule has 0 radical (unpaired) electrons. The molecule has 1 aromatic carbocycles. The van der Waals surface area contributed by atoms with Crippen LogP contribution in [0.3, 0.4) is 0 Å². The first-order chi connectivity index (χ1) is 7.47. The highest BCUT2D eigenvalue weighted by atomic mass is 14.9. The number of nitrogens with zero attached hydrogens (tertiary/aromatic N) is 1. The van der Waals surface area contributed by atoms with E-state index in [-0.39, 0.29) is 11.5 Å². The second-order valence-electron chi connectivity index (χ2n) is 5.06. The summed E-state index contributed by atoms with van der Waals surface area (Å²) in [5.41, 5.74) is 2.50. The molecule has 2 nitrogen and oxygen atoms in total. The predicted molar refractivity (Wildman–Crippen MR) is 68.5 cm³/mol. The summed E-state index contributed by atoms with van der Waals surface area (Å²) in [7, 11) is 0. The summed E-state index contributed by atoms with van der Waals surface area (Å²) in [5, 5.41) is 12.1. The Balaban J connectivity index is 2.77. The maximum Gasteiger partial charge on any atom is 0.114 e. The van der Waals surface area contributed by atoms with Gasteiger partial charge in [-0.2, -0.15) is 5.26 Å². The Morgan fingerprint density at radius 3 is 2.19 bits per heavy atom. The average Bonchev–Trinajstić information content (AvgIpc) is 2.25. The number of rotatable bonds is 3. The average molecular weight is 216 g/mol. The zero-order chi connectivity index (χ0) is 12.2. The van der Waals surface area contributed by atoms with E-state index in [9.17, 15) is 0 Å². The van der Waals surface area contributed by atoms with Gasteiger partial charge in [-0.1, -0.05) is 39.8 Å². The molecule has 0 spiro atoms. The van der Waals surface area contributed by atoms with Gasteiger partial charge in [-0.25, -0.2) is 0 Å². The van der Waals surface area contributed by atoms with Crippen LogP contribution in [0.15, 0.2) is 24.3 Å². The summed E-state index contributed by atoms with van der Waals surface area (Å²) >= 11 is 0. The second-order valence-corrected chi connectivity index (χ2v) is 5.06. The maximum absolute atomic E-state index is 8.86. The van der Waals surface area contributed by atoms with Gasteiger partial charge in [0.1, 0.15) is 6.04 Å². The maximum atomic E-state index is 8.86. The van der Waals surface area contributed by atoms with E-state index in [1.165, 1.54) is 5.56 Å². The van der Waals surface area contributed by atoms with Gasteiger partial charge in [-0.3, -0.25) is 0 Å². The highest BCUT2D eigenvalue weighted by Gasteiger charge is 2.13. The van der Waals surface area contributed by atoms with Crippen LogP contribution < -0.4 is 5.32 Å². The Morgan fingerprint density at radius 1 is 1.25 bits per heavy atom. The SMILES string of the molecule is CCC(C#N)Nc1ccc(C(C)(C)C)cc1. The van der Waals surface area contributed by atoms with Crippen LogP contribution in [0.5, 0.6) is 0 Å². The minimum absolute atomic E-state index is 0.0968. The molecule has 0 aliphatic heterocycles. The van der Waals surface area contributed by atoms with Crippen molar-refractivity contribution in [3.8, 4) is 6.07 Å². The molecule has 1 aromatic rings. The number of nitrogens with one attached hydrogen (secondary N) is 1. The molecular weight excluding hydrogens is 196 g/mol. The van der Waals surface area contributed by atoms with Gasteiger partial charge in [0.2, 0.25) is 0 Å². The van der Waals surface area contributed by atoms with Crippen molar-refractivity contribution < 1.29 is 0 Å². The van der Waals surface area contributed by atoms with Crippen LogP contribution in [0.2, 0.25) is 0 Å². The third kappa shape index (κ3) is 3.27. The summed E-state index contributed by atoms with van der Waals surface area (Å²) < 4.78 is 0. The first kappa shape index (κ1) is 12.6. The van der Waals surface area contributed by atoms with E-state index in [1.807, 2.05) is 19.1 Å². The Kier molecular flexibility index (Phi) is 3.95. The van der Waals surface area contributed by atoms with Gasteiger partial charge < -0.3 is 5.32 Å². The Bertz CT molecular complexity index is 365. The van der Waals surface area contributed by atoms with Crippen molar-refractivity contribution in [3.63, 3.8) is 0 Å². The minimum atomic E-state index is -0.0968. The van der Waals surface area contributed by atoms with E-state index in [4.69, 9.17) is 5.26 Å². The zero-order valence-electron chi connectivity index (χ0n) is 10.5. The Labute approximate surface area is 98.3 Å². The molecule has 0 fully saturated rings. The van der Waals surface area contributed by atoms with Crippen molar-refractivity contribution in [3.05, 3.63) is 29.8 Å². The molecule has 0 saturated carbocycles. The van der Waals surface area contributed by atoms with Crippen molar-refractivity contribution >= 4 is 5.69 Å². The molecule has 0 amide bonds. The third-order valence-electron chi connectivity index (χ3n) is 2.66.